The quantitative estimate of drug-likeness (QED) is 0.615. The fraction of sp³-hybridized carbons (Fsp3) is 0.118. The van der Waals surface area contributed by atoms with Gasteiger partial charge in [-0.25, -0.2) is 13.9 Å². The highest BCUT2D eigenvalue weighted by molar-refractivity contribution is 6.04. The molecule has 4 heterocycles. The van der Waals surface area contributed by atoms with Crippen molar-refractivity contribution in [2.45, 2.75) is 11.8 Å². The first-order valence-electron chi connectivity index (χ1n) is 7.93. The summed E-state index contributed by atoms with van der Waals surface area (Å²) in [6.45, 7) is 0. The number of hydrogen-bond acceptors (Lipinski definition) is 7. The van der Waals surface area contributed by atoms with Gasteiger partial charge in [-0.05, 0) is 29.8 Å². The fourth-order valence-electron chi connectivity index (χ4n) is 2.98. The standard InChI is InChI=1S/C17H14FN7O2/c18-11-8-22-14-12(13(19)24-25(14)9-11)15(26)23-17(4-1-5-21-16(17)27)10-2-6-20-7-3-10/h1-9,16,27H,(H2,19,24)(H,23,26). The maximum Gasteiger partial charge on any atom is 0.260 e. The lowest BCUT2D eigenvalue weighted by atomic mass is 9.86. The van der Waals surface area contributed by atoms with Gasteiger partial charge in [0.15, 0.2) is 23.5 Å². The van der Waals surface area contributed by atoms with Crippen LogP contribution in [0, 0.1) is 5.82 Å². The number of halogens is 1. The molecule has 0 spiro atoms. The molecule has 3 aromatic rings. The van der Waals surface area contributed by atoms with Crippen LogP contribution in [0.4, 0.5) is 10.2 Å². The highest BCUT2D eigenvalue weighted by atomic mass is 19.1. The Morgan fingerprint density at radius 3 is 2.89 bits per heavy atom. The SMILES string of the molecule is Nc1nn2cc(F)cnc2c1C(=O)NC1(c2ccncc2)C=CC=NC1O. The zero-order chi connectivity index (χ0) is 19.0. The molecule has 0 aliphatic carbocycles. The molecule has 1 aliphatic rings. The van der Waals surface area contributed by atoms with E-state index < -0.39 is 23.5 Å². The molecule has 1 amide bonds. The first kappa shape index (κ1) is 16.8. The van der Waals surface area contributed by atoms with Crippen LogP contribution in [0.2, 0.25) is 0 Å². The molecule has 4 rings (SSSR count). The Hall–Kier alpha value is -3.66. The highest BCUT2D eigenvalue weighted by Gasteiger charge is 2.41. The van der Waals surface area contributed by atoms with E-state index in [4.69, 9.17) is 5.73 Å². The molecule has 4 N–H and O–H groups in total. The van der Waals surface area contributed by atoms with Gasteiger partial charge in [0.05, 0.1) is 12.4 Å². The van der Waals surface area contributed by atoms with Crippen molar-refractivity contribution in [2.75, 3.05) is 5.73 Å². The van der Waals surface area contributed by atoms with Crippen molar-refractivity contribution in [3.05, 3.63) is 66.0 Å². The number of anilines is 1. The first-order valence-corrected chi connectivity index (χ1v) is 7.93. The Labute approximate surface area is 152 Å². The predicted molar refractivity (Wildman–Crippen MR) is 94.4 cm³/mol. The average Bonchev–Trinajstić information content (AvgIpc) is 2.99. The number of nitrogens with zero attached hydrogens (tertiary/aromatic N) is 5. The van der Waals surface area contributed by atoms with Gasteiger partial charge in [0.25, 0.3) is 5.91 Å². The summed E-state index contributed by atoms with van der Waals surface area (Å²) in [7, 11) is 0. The number of carbonyl (C=O) groups excluding carboxylic acids is 1. The maximum absolute atomic E-state index is 13.4. The number of nitrogen functional groups attached to an aromatic ring is 1. The van der Waals surface area contributed by atoms with Gasteiger partial charge in [-0.1, -0.05) is 0 Å². The van der Waals surface area contributed by atoms with Gasteiger partial charge in [-0.15, -0.1) is 5.10 Å². The van der Waals surface area contributed by atoms with E-state index in [-0.39, 0.29) is 17.0 Å². The van der Waals surface area contributed by atoms with Gasteiger partial charge in [-0.3, -0.25) is 14.8 Å². The minimum atomic E-state index is -1.34. The lowest BCUT2D eigenvalue weighted by Crippen LogP contribution is -2.53. The van der Waals surface area contributed by atoms with Crippen molar-refractivity contribution in [1.82, 2.24) is 24.9 Å². The third kappa shape index (κ3) is 2.72. The average molecular weight is 367 g/mol. The van der Waals surface area contributed by atoms with Crippen LogP contribution in [0.15, 0.2) is 54.1 Å². The lowest BCUT2D eigenvalue weighted by molar-refractivity contribution is 0.0694. The number of fused-ring (bicyclic) bond motifs is 1. The second kappa shape index (κ2) is 6.25. The number of nitrogens with one attached hydrogen (secondary N) is 1. The Morgan fingerprint density at radius 1 is 1.37 bits per heavy atom. The summed E-state index contributed by atoms with van der Waals surface area (Å²) >= 11 is 0. The van der Waals surface area contributed by atoms with E-state index in [0.29, 0.717) is 5.56 Å². The third-order valence-corrected chi connectivity index (χ3v) is 4.25. The zero-order valence-electron chi connectivity index (χ0n) is 13.8. The largest absolute Gasteiger partial charge is 0.381 e. The topological polar surface area (TPSA) is 131 Å². The summed E-state index contributed by atoms with van der Waals surface area (Å²) in [6, 6.07) is 3.31. The summed E-state index contributed by atoms with van der Waals surface area (Å²) in [6.07, 6.45) is 8.49. The van der Waals surface area contributed by atoms with E-state index >= 15 is 0 Å². The number of aliphatic hydroxyl groups is 1. The number of carbonyl (C=O) groups is 1. The second-order valence-corrected chi connectivity index (χ2v) is 5.89. The predicted octanol–water partition coefficient (Wildman–Crippen LogP) is 0.430. The first-order chi connectivity index (χ1) is 13.0. The number of allylic oxidation sites excluding steroid dienone is 1. The summed E-state index contributed by atoms with van der Waals surface area (Å²) < 4.78 is 14.4. The summed E-state index contributed by atoms with van der Waals surface area (Å²) in [5, 5.41) is 17.2. The number of aromatic nitrogens is 4. The maximum atomic E-state index is 13.4. The molecule has 0 radical (unpaired) electrons. The van der Waals surface area contributed by atoms with Crippen LogP contribution >= 0.6 is 0 Å². The number of nitrogens with two attached hydrogens (primary N) is 1. The van der Waals surface area contributed by atoms with E-state index in [2.05, 4.69) is 25.4 Å². The Kier molecular flexibility index (Phi) is 3.89. The van der Waals surface area contributed by atoms with Crippen molar-refractivity contribution in [2.24, 2.45) is 4.99 Å². The van der Waals surface area contributed by atoms with Gasteiger partial charge >= 0.3 is 0 Å². The van der Waals surface area contributed by atoms with Gasteiger partial charge in [0, 0.05) is 18.6 Å². The minimum Gasteiger partial charge on any atom is -0.381 e. The van der Waals surface area contributed by atoms with Crippen LogP contribution in [0.1, 0.15) is 15.9 Å². The molecule has 0 aromatic carbocycles. The van der Waals surface area contributed by atoms with Gasteiger partial charge in [0.1, 0.15) is 11.1 Å². The highest BCUT2D eigenvalue weighted by Crippen LogP contribution is 2.30. The number of hydrogen-bond donors (Lipinski definition) is 3. The monoisotopic (exact) mass is 367 g/mol. The Bertz CT molecular complexity index is 1080. The summed E-state index contributed by atoms with van der Waals surface area (Å²) in [5.41, 5.74) is 5.15. The number of dihydropyridines is 1. The van der Waals surface area contributed by atoms with Gasteiger partial charge in [0.2, 0.25) is 0 Å². The van der Waals surface area contributed by atoms with Crippen LogP contribution < -0.4 is 11.1 Å². The van der Waals surface area contributed by atoms with Gasteiger partial charge < -0.3 is 16.2 Å². The van der Waals surface area contributed by atoms with Crippen LogP contribution in [-0.4, -0.2) is 43.0 Å². The molecular formula is C17H14FN7O2. The van der Waals surface area contributed by atoms with Crippen LogP contribution in [-0.2, 0) is 5.54 Å². The van der Waals surface area contributed by atoms with E-state index in [9.17, 15) is 14.3 Å². The lowest BCUT2D eigenvalue weighted by Gasteiger charge is -2.36. The van der Waals surface area contributed by atoms with E-state index in [1.165, 1.54) is 18.6 Å². The van der Waals surface area contributed by atoms with Crippen molar-refractivity contribution >= 4 is 23.6 Å². The molecule has 0 saturated carbocycles. The Morgan fingerprint density at radius 2 is 2.15 bits per heavy atom. The normalized spacial score (nSPS) is 21.5. The number of aliphatic imine (C=N–C) groups is 1. The number of amides is 1. The van der Waals surface area contributed by atoms with Crippen molar-refractivity contribution in [1.29, 1.82) is 0 Å². The molecule has 1 aliphatic heterocycles. The minimum absolute atomic E-state index is 0.0291. The number of pyridine rings is 1. The van der Waals surface area contributed by atoms with E-state index in [0.717, 1.165) is 16.9 Å². The third-order valence-electron chi connectivity index (χ3n) is 4.25. The van der Waals surface area contributed by atoms with E-state index in [1.807, 2.05) is 0 Å². The Balaban J connectivity index is 1.79. The molecule has 136 valence electrons. The van der Waals surface area contributed by atoms with Crippen molar-refractivity contribution in [3.63, 3.8) is 0 Å². The molecule has 0 fully saturated rings. The fourth-order valence-corrected chi connectivity index (χ4v) is 2.98. The number of aliphatic hydroxyl groups excluding tert-OH is 1. The van der Waals surface area contributed by atoms with Crippen molar-refractivity contribution in [3.8, 4) is 0 Å². The summed E-state index contributed by atoms with van der Waals surface area (Å²) in [4.78, 5) is 24.9. The van der Waals surface area contributed by atoms with Crippen molar-refractivity contribution < 1.29 is 14.3 Å². The van der Waals surface area contributed by atoms with E-state index in [1.54, 1.807) is 24.3 Å². The molecule has 3 aromatic heterocycles. The molecule has 2 atom stereocenters. The van der Waals surface area contributed by atoms with Crippen LogP contribution in [0.25, 0.3) is 5.65 Å². The zero-order valence-corrected chi connectivity index (χ0v) is 13.8. The summed E-state index contributed by atoms with van der Waals surface area (Å²) in [5.74, 6) is -1.38. The number of rotatable bonds is 3. The molecule has 9 nitrogen and oxygen atoms in total. The van der Waals surface area contributed by atoms with Crippen LogP contribution in [0.3, 0.4) is 0 Å². The molecule has 2 unspecified atom stereocenters. The smallest absolute Gasteiger partial charge is 0.260 e. The second-order valence-electron chi connectivity index (χ2n) is 5.89. The molecular weight excluding hydrogens is 353 g/mol. The molecule has 0 bridgehead atoms. The molecule has 10 heteroatoms. The molecule has 0 saturated heterocycles. The molecule has 27 heavy (non-hydrogen) atoms. The van der Waals surface area contributed by atoms with Gasteiger partial charge in [-0.2, -0.15) is 0 Å². The van der Waals surface area contributed by atoms with Crippen LogP contribution in [0.5, 0.6) is 0 Å².